The Morgan fingerprint density at radius 2 is 2.00 bits per heavy atom. The van der Waals surface area contributed by atoms with Gasteiger partial charge in [-0.3, -0.25) is 4.79 Å². The third-order valence-electron chi connectivity index (χ3n) is 3.99. The van der Waals surface area contributed by atoms with E-state index in [9.17, 15) is 9.59 Å². The van der Waals surface area contributed by atoms with Gasteiger partial charge in [0.1, 0.15) is 6.04 Å². The first-order valence-electron chi connectivity index (χ1n) is 7.62. The highest BCUT2D eigenvalue weighted by molar-refractivity contribution is 5.85. The second-order valence-corrected chi connectivity index (χ2v) is 5.62. The summed E-state index contributed by atoms with van der Waals surface area (Å²) in [5, 5.41) is 11.6. The van der Waals surface area contributed by atoms with Gasteiger partial charge in [0.05, 0.1) is 18.7 Å². The SMILES string of the molecule is COc1cc(C#N)ccc1OC(=O)C(NC(C)=O)C1CCCC1. The molecule has 1 fully saturated rings. The second-order valence-electron chi connectivity index (χ2n) is 5.62. The Kier molecular flexibility index (Phi) is 5.58. The molecule has 0 bridgehead atoms. The first kappa shape index (κ1) is 16.8. The lowest BCUT2D eigenvalue weighted by molar-refractivity contribution is -0.140. The molecule has 0 heterocycles. The number of hydrogen-bond acceptors (Lipinski definition) is 5. The van der Waals surface area contributed by atoms with Crippen LogP contribution in [0.3, 0.4) is 0 Å². The molecule has 1 atom stereocenters. The number of nitrogens with one attached hydrogen (secondary N) is 1. The summed E-state index contributed by atoms with van der Waals surface area (Å²) in [6.07, 6.45) is 3.89. The molecule has 122 valence electrons. The van der Waals surface area contributed by atoms with Crippen molar-refractivity contribution in [2.24, 2.45) is 5.92 Å². The molecule has 1 saturated carbocycles. The van der Waals surface area contributed by atoms with E-state index >= 15 is 0 Å². The van der Waals surface area contributed by atoms with E-state index in [1.165, 1.54) is 26.2 Å². The molecule has 1 unspecified atom stereocenters. The minimum absolute atomic E-state index is 0.0933. The van der Waals surface area contributed by atoms with Crippen LogP contribution in [0, 0.1) is 17.2 Å². The van der Waals surface area contributed by atoms with E-state index < -0.39 is 12.0 Å². The van der Waals surface area contributed by atoms with Crippen molar-refractivity contribution < 1.29 is 19.1 Å². The average Bonchev–Trinajstić information content (AvgIpc) is 3.06. The smallest absolute Gasteiger partial charge is 0.334 e. The van der Waals surface area contributed by atoms with Crippen molar-refractivity contribution in [2.45, 2.75) is 38.6 Å². The zero-order valence-electron chi connectivity index (χ0n) is 13.3. The van der Waals surface area contributed by atoms with Gasteiger partial charge in [0.15, 0.2) is 11.5 Å². The van der Waals surface area contributed by atoms with Crippen LogP contribution in [0.2, 0.25) is 0 Å². The quantitative estimate of drug-likeness (QED) is 0.664. The fourth-order valence-electron chi connectivity index (χ4n) is 2.87. The summed E-state index contributed by atoms with van der Waals surface area (Å²) >= 11 is 0. The summed E-state index contributed by atoms with van der Waals surface area (Å²) in [6, 6.07) is 5.92. The number of ether oxygens (including phenoxy) is 2. The van der Waals surface area contributed by atoms with Crippen molar-refractivity contribution in [3.8, 4) is 17.6 Å². The highest BCUT2D eigenvalue weighted by atomic mass is 16.6. The number of hydrogen-bond donors (Lipinski definition) is 1. The van der Waals surface area contributed by atoms with Gasteiger partial charge in [-0.05, 0) is 30.9 Å². The van der Waals surface area contributed by atoms with Crippen molar-refractivity contribution in [2.75, 3.05) is 7.11 Å². The maximum Gasteiger partial charge on any atom is 0.334 e. The molecule has 0 radical (unpaired) electrons. The fourth-order valence-corrected chi connectivity index (χ4v) is 2.87. The van der Waals surface area contributed by atoms with Gasteiger partial charge < -0.3 is 14.8 Å². The van der Waals surface area contributed by atoms with Crippen molar-refractivity contribution in [1.82, 2.24) is 5.32 Å². The minimum atomic E-state index is -0.657. The maximum absolute atomic E-state index is 12.5. The number of nitrogens with zero attached hydrogens (tertiary/aromatic N) is 1. The third-order valence-corrected chi connectivity index (χ3v) is 3.99. The lowest BCUT2D eigenvalue weighted by atomic mass is 9.98. The number of benzene rings is 1. The van der Waals surface area contributed by atoms with E-state index in [0.29, 0.717) is 11.3 Å². The van der Waals surface area contributed by atoms with Crippen LogP contribution in [0.15, 0.2) is 18.2 Å². The molecule has 1 aliphatic carbocycles. The second kappa shape index (κ2) is 7.63. The Morgan fingerprint density at radius 1 is 1.30 bits per heavy atom. The molecule has 2 rings (SSSR count). The topological polar surface area (TPSA) is 88.4 Å². The number of carbonyl (C=O) groups is 2. The summed E-state index contributed by atoms with van der Waals surface area (Å²) in [7, 11) is 1.44. The van der Waals surface area contributed by atoms with Gasteiger partial charge in [-0.25, -0.2) is 4.79 Å². The molecular weight excluding hydrogens is 296 g/mol. The first-order chi connectivity index (χ1) is 11.0. The monoisotopic (exact) mass is 316 g/mol. The molecule has 1 amide bonds. The summed E-state index contributed by atoms with van der Waals surface area (Å²) in [6.45, 7) is 1.39. The zero-order valence-corrected chi connectivity index (χ0v) is 13.3. The number of methoxy groups -OCH3 is 1. The molecular formula is C17H20N2O4. The number of amides is 1. The van der Waals surface area contributed by atoms with Gasteiger partial charge in [-0.2, -0.15) is 5.26 Å². The number of carbonyl (C=O) groups excluding carboxylic acids is 2. The van der Waals surface area contributed by atoms with Gasteiger partial charge in [0, 0.05) is 13.0 Å². The number of nitriles is 1. The Bertz CT molecular complexity index is 630. The highest BCUT2D eigenvalue weighted by Gasteiger charge is 2.33. The Morgan fingerprint density at radius 3 is 2.57 bits per heavy atom. The van der Waals surface area contributed by atoms with E-state index in [-0.39, 0.29) is 17.6 Å². The van der Waals surface area contributed by atoms with Crippen LogP contribution >= 0.6 is 0 Å². The van der Waals surface area contributed by atoms with Gasteiger partial charge in [-0.15, -0.1) is 0 Å². The van der Waals surface area contributed by atoms with Crippen LogP contribution in [-0.2, 0) is 9.59 Å². The van der Waals surface area contributed by atoms with E-state index in [1.807, 2.05) is 6.07 Å². The minimum Gasteiger partial charge on any atom is -0.493 e. The summed E-state index contributed by atoms with van der Waals surface area (Å²) < 4.78 is 10.6. The predicted octanol–water partition coefficient (Wildman–Crippen LogP) is 2.17. The normalized spacial score (nSPS) is 15.5. The highest BCUT2D eigenvalue weighted by Crippen LogP contribution is 2.31. The van der Waals surface area contributed by atoms with E-state index in [4.69, 9.17) is 14.7 Å². The average molecular weight is 316 g/mol. The first-order valence-corrected chi connectivity index (χ1v) is 7.62. The fraction of sp³-hybridized carbons (Fsp3) is 0.471. The van der Waals surface area contributed by atoms with Gasteiger partial charge in [0.2, 0.25) is 5.91 Å². The van der Waals surface area contributed by atoms with E-state index in [1.54, 1.807) is 6.07 Å². The third kappa shape index (κ3) is 4.22. The van der Waals surface area contributed by atoms with Crippen molar-refractivity contribution in [1.29, 1.82) is 5.26 Å². The summed E-state index contributed by atoms with van der Waals surface area (Å²) in [5.74, 6) is -0.119. The van der Waals surface area contributed by atoms with Crippen LogP contribution in [-0.4, -0.2) is 25.0 Å². The molecule has 1 aromatic carbocycles. The van der Waals surface area contributed by atoms with Crippen molar-refractivity contribution >= 4 is 11.9 Å². The van der Waals surface area contributed by atoms with Crippen molar-refractivity contribution in [3.05, 3.63) is 23.8 Å². The van der Waals surface area contributed by atoms with Crippen LogP contribution < -0.4 is 14.8 Å². The maximum atomic E-state index is 12.5. The lowest BCUT2D eigenvalue weighted by Crippen LogP contribution is -2.46. The molecule has 6 heteroatoms. The van der Waals surface area contributed by atoms with Crippen molar-refractivity contribution in [3.63, 3.8) is 0 Å². The molecule has 6 nitrogen and oxygen atoms in total. The van der Waals surface area contributed by atoms with Crippen LogP contribution in [0.4, 0.5) is 0 Å². The van der Waals surface area contributed by atoms with Crippen LogP contribution in [0.5, 0.6) is 11.5 Å². The van der Waals surface area contributed by atoms with Gasteiger partial charge in [-0.1, -0.05) is 12.8 Å². The van der Waals surface area contributed by atoms with E-state index in [2.05, 4.69) is 5.32 Å². The largest absolute Gasteiger partial charge is 0.493 e. The molecule has 0 aromatic heterocycles. The lowest BCUT2D eigenvalue weighted by Gasteiger charge is -2.22. The van der Waals surface area contributed by atoms with Gasteiger partial charge >= 0.3 is 5.97 Å². The Hall–Kier alpha value is -2.55. The molecule has 0 saturated heterocycles. The number of rotatable bonds is 5. The van der Waals surface area contributed by atoms with Gasteiger partial charge in [0.25, 0.3) is 0 Å². The van der Waals surface area contributed by atoms with Crippen LogP contribution in [0.25, 0.3) is 0 Å². The molecule has 0 aliphatic heterocycles. The molecule has 0 spiro atoms. The Balaban J connectivity index is 2.17. The summed E-state index contributed by atoms with van der Waals surface area (Å²) in [4.78, 5) is 23.9. The Labute approximate surface area is 135 Å². The zero-order chi connectivity index (χ0) is 16.8. The van der Waals surface area contributed by atoms with Crippen LogP contribution in [0.1, 0.15) is 38.2 Å². The summed E-state index contributed by atoms with van der Waals surface area (Å²) in [5.41, 5.74) is 0.413. The molecule has 1 aromatic rings. The van der Waals surface area contributed by atoms with E-state index in [0.717, 1.165) is 25.7 Å². The molecule has 23 heavy (non-hydrogen) atoms. The predicted molar refractivity (Wildman–Crippen MR) is 82.9 cm³/mol. The molecule has 1 N–H and O–H groups in total. The number of esters is 1. The molecule has 1 aliphatic rings. The standard InChI is InChI=1S/C17H20N2O4/c1-11(20)19-16(13-5-3-4-6-13)17(21)23-14-8-7-12(10-18)9-15(14)22-2/h7-9,13,16H,3-6H2,1-2H3,(H,19,20).